The number of carbonyl (C=O) groups excluding carboxylic acids is 2. The van der Waals surface area contributed by atoms with Gasteiger partial charge in [-0.2, -0.15) is 5.10 Å². The molecule has 4 aromatic rings. The van der Waals surface area contributed by atoms with E-state index in [4.69, 9.17) is 0 Å². The highest BCUT2D eigenvalue weighted by atomic mass is 19.1. The van der Waals surface area contributed by atoms with Crippen molar-refractivity contribution in [1.82, 2.24) is 19.7 Å². The summed E-state index contributed by atoms with van der Waals surface area (Å²) in [6.45, 7) is 0.569. The van der Waals surface area contributed by atoms with Gasteiger partial charge in [0.05, 0.1) is 17.8 Å². The molecule has 0 fully saturated rings. The van der Waals surface area contributed by atoms with E-state index in [9.17, 15) is 14.0 Å². The highest BCUT2D eigenvalue weighted by Gasteiger charge is 2.35. The molecule has 0 bridgehead atoms. The van der Waals surface area contributed by atoms with Crippen molar-refractivity contribution in [3.05, 3.63) is 83.6 Å². The fourth-order valence-electron chi connectivity index (χ4n) is 4.28. The lowest BCUT2D eigenvalue weighted by molar-refractivity contribution is -0.132. The van der Waals surface area contributed by atoms with Crippen molar-refractivity contribution in [3.8, 4) is 0 Å². The Morgan fingerprint density at radius 2 is 1.97 bits per heavy atom. The van der Waals surface area contributed by atoms with Crippen LogP contribution in [0.5, 0.6) is 0 Å². The van der Waals surface area contributed by atoms with Crippen LogP contribution in [0.25, 0.3) is 10.9 Å². The Kier molecular flexibility index (Phi) is 4.97. The van der Waals surface area contributed by atoms with E-state index in [0.717, 1.165) is 22.0 Å². The Labute approximate surface area is 183 Å². The monoisotopic (exact) mass is 431 g/mol. The van der Waals surface area contributed by atoms with E-state index >= 15 is 0 Å². The lowest BCUT2D eigenvalue weighted by Crippen LogP contribution is -2.42. The second-order valence-corrected chi connectivity index (χ2v) is 8.05. The van der Waals surface area contributed by atoms with Crippen LogP contribution in [0.3, 0.4) is 0 Å². The molecule has 7 nitrogen and oxygen atoms in total. The molecule has 32 heavy (non-hydrogen) atoms. The van der Waals surface area contributed by atoms with Gasteiger partial charge in [0, 0.05) is 49.0 Å². The van der Waals surface area contributed by atoms with E-state index in [1.54, 1.807) is 28.8 Å². The predicted molar refractivity (Wildman–Crippen MR) is 118 cm³/mol. The van der Waals surface area contributed by atoms with Crippen LogP contribution in [0.15, 0.2) is 60.9 Å². The molecule has 0 unspecified atom stereocenters. The zero-order chi connectivity index (χ0) is 22.2. The number of aromatic amines is 1. The smallest absolute Gasteiger partial charge is 0.235 e. The topological polar surface area (TPSA) is 83.0 Å². The maximum absolute atomic E-state index is 14.1. The minimum absolute atomic E-state index is 0.0760. The molecule has 2 amide bonds. The number of aryl methyl sites for hydroxylation is 1. The van der Waals surface area contributed by atoms with Gasteiger partial charge in [0.15, 0.2) is 0 Å². The summed E-state index contributed by atoms with van der Waals surface area (Å²) in [6, 6.07) is 13.9. The normalized spacial score (nSPS) is 15.6. The highest BCUT2D eigenvalue weighted by Crippen LogP contribution is 2.29. The first-order valence-electron chi connectivity index (χ1n) is 10.4. The number of hydrogen-bond donors (Lipinski definition) is 2. The first-order chi connectivity index (χ1) is 15.5. The zero-order valence-electron chi connectivity index (χ0n) is 17.5. The lowest BCUT2D eigenvalue weighted by atomic mass is 9.95. The van der Waals surface area contributed by atoms with Gasteiger partial charge in [-0.3, -0.25) is 14.3 Å². The third kappa shape index (κ3) is 3.64. The van der Waals surface area contributed by atoms with Gasteiger partial charge in [-0.05, 0) is 23.8 Å². The minimum Gasteiger partial charge on any atom is -0.361 e. The molecule has 0 radical (unpaired) electrons. The van der Waals surface area contributed by atoms with Crippen molar-refractivity contribution >= 4 is 28.4 Å². The quantitative estimate of drug-likeness (QED) is 0.520. The third-order valence-corrected chi connectivity index (χ3v) is 5.85. The number of hydrogen-bond acceptors (Lipinski definition) is 3. The Balaban J connectivity index is 1.39. The van der Waals surface area contributed by atoms with Crippen LogP contribution in [0.2, 0.25) is 0 Å². The summed E-state index contributed by atoms with van der Waals surface area (Å²) in [7, 11) is 1.78. The molecule has 1 aliphatic heterocycles. The van der Waals surface area contributed by atoms with Crippen LogP contribution in [0, 0.1) is 5.82 Å². The van der Waals surface area contributed by atoms with Crippen molar-refractivity contribution in [2.45, 2.75) is 18.9 Å². The van der Waals surface area contributed by atoms with Gasteiger partial charge in [0.25, 0.3) is 0 Å². The van der Waals surface area contributed by atoms with Gasteiger partial charge >= 0.3 is 0 Å². The van der Waals surface area contributed by atoms with Crippen LogP contribution in [0.4, 0.5) is 10.1 Å². The fraction of sp³-hybridized carbons (Fsp3) is 0.208. The minimum atomic E-state index is -0.688. The largest absolute Gasteiger partial charge is 0.361 e. The molecule has 0 saturated carbocycles. The lowest BCUT2D eigenvalue weighted by Gasteiger charge is -2.31. The van der Waals surface area contributed by atoms with E-state index < -0.39 is 11.7 Å². The molecule has 2 aromatic heterocycles. The number of benzene rings is 2. The number of aromatic nitrogens is 3. The molecular weight excluding hydrogens is 409 g/mol. The van der Waals surface area contributed by atoms with Crippen molar-refractivity contribution in [2.75, 3.05) is 11.9 Å². The molecule has 0 aliphatic carbocycles. The van der Waals surface area contributed by atoms with Gasteiger partial charge in [-0.15, -0.1) is 0 Å². The van der Waals surface area contributed by atoms with E-state index in [2.05, 4.69) is 15.4 Å². The Bertz CT molecular complexity index is 1320. The molecule has 1 atom stereocenters. The molecule has 0 spiro atoms. The third-order valence-electron chi connectivity index (χ3n) is 5.85. The van der Waals surface area contributed by atoms with Crippen LogP contribution in [0.1, 0.15) is 22.7 Å². The summed E-state index contributed by atoms with van der Waals surface area (Å²) >= 11 is 0. The maximum Gasteiger partial charge on any atom is 0.235 e. The van der Waals surface area contributed by atoms with E-state index in [0.29, 0.717) is 12.2 Å². The Morgan fingerprint density at radius 1 is 1.19 bits per heavy atom. The number of anilines is 1. The summed E-state index contributed by atoms with van der Waals surface area (Å²) in [5, 5.41) is 8.11. The summed E-state index contributed by atoms with van der Waals surface area (Å²) in [4.78, 5) is 31.2. The number of nitrogens with one attached hydrogen (secondary N) is 2. The van der Waals surface area contributed by atoms with E-state index in [-0.39, 0.29) is 30.5 Å². The zero-order valence-corrected chi connectivity index (χ0v) is 17.5. The molecule has 2 aromatic carbocycles. The Hall–Kier alpha value is -3.94. The molecule has 2 N–H and O–H groups in total. The Morgan fingerprint density at radius 3 is 2.81 bits per heavy atom. The standard InChI is InChI=1S/C24H22FN5O2/c1-29-12-16-13-30(22(31)10-15-11-26-20-8-4-2-6-17(15)20)14-18(23(16)28-29)24(32)27-21-9-5-3-7-19(21)25/h2-9,11-12,18,26H,10,13-14H2,1H3,(H,27,32)/t18-/m0/s1. The maximum atomic E-state index is 14.1. The average molecular weight is 431 g/mol. The number of nitrogens with zero attached hydrogens (tertiary/aromatic N) is 3. The van der Waals surface area contributed by atoms with Gasteiger partial charge < -0.3 is 15.2 Å². The second-order valence-electron chi connectivity index (χ2n) is 8.05. The van der Waals surface area contributed by atoms with Crippen LogP contribution >= 0.6 is 0 Å². The number of carbonyl (C=O) groups is 2. The summed E-state index contributed by atoms with van der Waals surface area (Å²) in [5.74, 6) is -1.66. The van der Waals surface area contributed by atoms with Gasteiger partial charge in [0.2, 0.25) is 11.8 Å². The van der Waals surface area contributed by atoms with Crippen LogP contribution < -0.4 is 5.32 Å². The first-order valence-corrected chi connectivity index (χ1v) is 10.4. The van der Waals surface area contributed by atoms with Crippen molar-refractivity contribution in [1.29, 1.82) is 0 Å². The van der Waals surface area contributed by atoms with Crippen molar-refractivity contribution < 1.29 is 14.0 Å². The molecule has 0 saturated heterocycles. The first kappa shape index (κ1) is 20.0. The number of amides is 2. The van der Waals surface area contributed by atoms with Crippen molar-refractivity contribution in [3.63, 3.8) is 0 Å². The molecule has 1 aliphatic rings. The number of rotatable bonds is 4. The number of para-hydroxylation sites is 2. The van der Waals surface area contributed by atoms with Gasteiger partial charge in [0.1, 0.15) is 11.7 Å². The SMILES string of the molecule is Cn1cc2c(n1)[C@@H](C(=O)Nc1ccccc1F)CN(C(=O)Cc1c[nH]c3ccccc13)C2. The summed E-state index contributed by atoms with van der Waals surface area (Å²) < 4.78 is 15.7. The second kappa shape index (κ2) is 7.96. The van der Waals surface area contributed by atoms with Gasteiger partial charge in [-0.1, -0.05) is 30.3 Å². The average Bonchev–Trinajstić information content (AvgIpc) is 3.37. The van der Waals surface area contributed by atoms with Gasteiger partial charge in [-0.25, -0.2) is 4.39 Å². The fourth-order valence-corrected chi connectivity index (χ4v) is 4.28. The van der Waals surface area contributed by atoms with Crippen LogP contribution in [-0.2, 0) is 29.6 Å². The molecular formula is C24H22FN5O2. The molecule has 3 heterocycles. The number of halogens is 1. The highest BCUT2D eigenvalue weighted by molar-refractivity contribution is 5.97. The molecule has 8 heteroatoms. The number of fused-ring (bicyclic) bond motifs is 2. The summed E-state index contributed by atoms with van der Waals surface area (Å²) in [6.07, 6.45) is 3.90. The number of H-pyrrole nitrogens is 1. The summed E-state index contributed by atoms with van der Waals surface area (Å²) in [5.41, 5.74) is 3.44. The molecule has 162 valence electrons. The predicted octanol–water partition coefficient (Wildman–Crippen LogP) is 3.35. The van der Waals surface area contributed by atoms with E-state index in [1.165, 1.54) is 12.1 Å². The van der Waals surface area contributed by atoms with Crippen molar-refractivity contribution in [2.24, 2.45) is 7.05 Å². The molecule has 5 rings (SSSR count). The van der Waals surface area contributed by atoms with Crippen LogP contribution in [-0.4, -0.2) is 38.0 Å². The van der Waals surface area contributed by atoms with E-state index in [1.807, 2.05) is 36.7 Å².